The van der Waals surface area contributed by atoms with Gasteiger partial charge in [-0.05, 0) is 12.8 Å². The molecule has 0 bridgehead atoms. The van der Waals surface area contributed by atoms with Gasteiger partial charge in [-0.15, -0.1) is 6.42 Å². The lowest BCUT2D eigenvalue weighted by Gasteiger charge is -2.21. The zero-order chi connectivity index (χ0) is 15.5. The van der Waals surface area contributed by atoms with Crippen molar-refractivity contribution in [1.82, 2.24) is 9.55 Å². The van der Waals surface area contributed by atoms with Crippen LogP contribution in [-0.4, -0.2) is 22.8 Å². The maximum absolute atomic E-state index is 13.0. The predicted octanol–water partition coefficient (Wildman–Crippen LogP) is 3.81. The molecule has 1 saturated carbocycles. The number of terminal acetylenes is 1. The highest BCUT2D eigenvalue weighted by molar-refractivity contribution is 5.14. The maximum Gasteiger partial charge on any atom is 0.420 e. The molecule has 0 spiro atoms. The fourth-order valence-corrected chi connectivity index (χ4v) is 2.91. The van der Waals surface area contributed by atoms with E-state index >= 15 is 0 Å². The lowest BCUT2D eigenvalue weighted by Crippen LogP contribution is -2.22. The molecule has 1 atom stereocenters. The second-order valence-electron chi connectivity index (χ2n) is 5.35. The Morgan fingerprint density at radius 1 is 1.43 bits per heavy atom. The summed E-state index contributed by atoms with van der Waals surface area (Å²) in [6, 6.07) is 0. The molecule has 0 aromatic carbocycles. The van der Waals surface area contributed by atoms with Crippen LogP contribution in [0.1, 0.15) is 55.6 Å². The number of halogens is 3. The molecule has 116 valence electrons. The zero-order valence-corrected chi connectivity index (χ0v) is 12.0. The van der Waals surface area contributed by atoms with Gasteiger partial charge in [0.1, 0.15) is 5.82 Å². The molecule has 21 heavy (non-hydrogen) atoms. The first-order valence-electron chi connectivity index (χ1n) is 7.07. The summed E-state index contributed by atoms with van der Waals surface area (Å²) in [4.78, 5) is 4.21. The first-order chi connectivity index (χ1) is 9.97. The van der Waals surface area contributed by atoms with Crippen LogP contribution in [0.3, 0.4) is 0 Å². The van der Waals surface area contributed by atoms with Crippen molar-refractivity contribution in [2.45, 2.75) is 56.8 Å². The Balaban J connectivity index is 2.34. The fraction of sp³-hybridized carbons (Fsp3) is 0.667. The number of hydrogen-bond donors (Lipinski definition) is 0. The van der Waals surface area contributed by atoms with E-state index < -0.39 is 12.3 Å². The third kappa shape index (κ3) is 3.59. The Kier molecular flexibility index (Phi) is 4.94. The number of hydrogen-bond acceptors (Lipinski definition) is 2. The van der Waals surface area contributed by atoms with Crippen molar-refractivity contribution in [2.24, 2.45) is 0 Å². The van der Waals surface area contributed by atoms with Gasteiger partial charge in [0.05, 0.1) is 12.2 Å². The van der Waals surface area contributed by atoms with Crippen LogP contribution in [-0.2, 0) is 11.3 Å². The number of rotatable bonds is 4. The summed E-state index contributed by atoms with van der Waals surface area (Å²) >= 11 is 0. The van der Waals surface area contributed by atoms with Crippen LogP contribution in [0.2, 0.25) is 0 Å². The lowest BCUT2D eigenvalue weighted by atomic mass is 9.88. The minimum atomic E-state index is -4.48. The van der Waals surface area contributed by atoms with Crippen LogP contribution in [0, 0.1) is 12.3 Å². The van der Waals surface area contributed by atoms with E-state index in [0.717, 1.165) is 32.8 Å². The van der Waals surface area contributed by atoms with Crippen molar-refractivity contribution in [3.63, 3.8) is 0 Å². The molecule has 1 aliphatic rings. The van der Waals surface area contributed by atoms with E-state index in [1.54, 1.807) is 4.57 Å². The maximum atomic E-state index is 13.0. The van der Waals surface area contributed by atoms with Gasteiger partial charge in [-0.3, -0.25) is 0 Å². The highest BCUT2D eigenvalue weighted by atomic mass is 19.4. The van der Waals surface area contributed by atoms with Crippen LogP contribution < -0.4 is 0 Å². The molecule has 0 saturated heterocycles. The zero-order valence-electron chi connectivity index (χ0n) is 12.0. The number of alkyl halides is 3. The van der Waals surface area contributed by atoms with Gasteiger partial charge in [-0.25, -0.2) is 4.98 Å². The SMILES string of the molecule is C#CCn1cc(C(OC)C(F)(F)F)nc1C1CCCCC1. The third-order valence-corrected chi connectivity index (χ3v) is 3.86. The van der Waals surface area contributed by atoms with Gasteiger partial charge in [0.25, 0.3) is 0 Å². The van der Waals surface area contributed by atoms with E-state index in [1.165, 1.54) is 12.6 Å². The molecule has 0 aliphatic heterocycles. The van der Waals surface area contributed by atoms with Gasteiger partial charge in [0.2, 0.25) is 0 Å². The molecule has 6 heteroatoms. The molecule has 1 aliphatic carbocycles. The van der Waals surface area contributed by atoms with Crippen LogP contribution in [0.5, 0.6) is 0 Å². The van der Waals surface area contributed by atoms with Gasteiger partial charge in [-0.2, -0.15) is 13.2 Å². The molecule has 3 nitrogen and oxygen atoms in total. The Hall–Kier alpha value is -1.48. The van der Waals surface area contributed by atoms with Gasteiger partial charge >= 0.3 is 6.18 Å². The van der Waals surface area contributed by atoms with E-state index in [0.29, 0.717) is 5.82 Å². The second-order valence-corrected chi connectivity index (χ2v) is 5.35. The van der Waals surface area contributed by atoms with E-state index in [2.05, 4.69) is 15.6 Å². The van der Waals surface area contributed by atoms with Crippen molar-refractivity contribution in [1.29, 1.82) is 0 Å². The van der Waals surface area contributed by atoms with Crippen molar-refractivity contribution >= 4 is 0 Å². The molecule has 0 amide bonds. The summed E-state index contributed by atoms with van der Waals surface area (Å²) in [6.07, 6.45) is 5.44. The molecule has 0 radical (unpaired) electrons. The summed E-state index contributed by atoms with van der Waals surface area (Å²) in [6.45, 7) is 0.229. The van der Waals surface area contributed by atoms with Crippen LogP contribution >= 0.6 is 0 Å². The van der Waals surface area contributed by atoms with Gasteiger partial charge < -0.3 is 9.30 Å². The molecule has 1 unspecified atom stereocenters. The fourth-order valence-electron chi connectivity index (χ4n) is 2.91. The summed E-state index contributed by atoms with van der Waals surface area (Å²) in [5, 5.41) is 0. The van der Waals surface area contributed by atoms with Crippen molar-refractivity contribution < 1.29 is 17.9 Å². The molecule has 1 fully saturated rings. The summed E-state index contributed by atoms with van der Waals surface area (Å²) in [5.74, 6) is 3.32. The molecule has 1 heterocycles. The smallest absolute Gasteiger partial charge is 0.366 e. The number of imidazole rings is 1. The topological polar surface area (TPSA) is 27.1 Å². The van der Waals surface area contributed by atoms with Crippen molar-refractivity contribution in [3.8, 4) is 12.3 Å². The Morgan fingerprint density at radius 2 is 2.10 bits per heavy atom. The number of ether oxygens (including phenoxy) is 1. The standard InChI is InChI=1S/C15H19F3N2O/c1-3-9-20-10-12(13(21-2)15(16,17)18)19-14(20)11-7-5-4-6-8-11/h1,10-11,13H,4-9H2,2H3. The van der Waals surface area contributed by atoms with Crippen LogP contribution in [0.4, 0.5) is 13.2 Å². The van der Waals surface area contributed by atoms with E-state index in [1.807, 2.05) is 0 Å². The molecular formula is C15H19F3N2O. The minimum absolute atomic E-state index is 0.110. The Morgan fingerprint density at radius 3 is 2.62 bits per heavy atom. The van der Waals surface area contributed by atoms with Gasteiger partial charge in [0, 0.05) is 19.2 Å². The van der Waals surface area contributed by atoms with Gasteiger partial charge in [-0.1, -0.05) is 25.2 Å². The monoisotopic (exact) mass is 300 g/mol. The normalized spacial score (nSPS) is 18.4. The first kappa shape index (κ1) is 15.9. The third-order valence-electron chi connectivity index (χ3n) is 3.86. The van der Waals surface area contributed by atoms with E-state index in [4.69, 9.17) is 6.42 Å². The van der Waals surface area contributed by atoms with Gasteiger partial charge in [0.15, 0.2) is 6.10 Å². The second kappa shape index (κ2) is 6.52. The highest BCUT2D eigenvalue weighted by Crippen LogP contribution is 2.37. The molecular weight excluding hydrogens is 281 g/mol. The van der Waals surface area contributed by atoms with Crippen LogP contribution in [0.15, 0.2) is 6.20 Å². The Bertz CT molecular complexity index is 510. The van der Waals surface area contributed by atoms with E-state index in [9.17, 15) is 13.2 Å². The average molecular weight is 300 g/mol. The number of aromatic nitrogens is 2. The summed E-state index contributed by atoms with van der Waals surface area (Å²) < 4.78 is 45.1. The average Bonchev–Trinajstić information content (AvgIpc) is 2.83. The largest absolute Gasteiger partial charge is 0.420 e. The quantitative estimate of drug-likeness (QED) is 0.791. The lowest BCUT2D eigenvalue weighted by molar-refractivity contribution is -0.217. The van der Waals surface area contributed by atoms with E-state index in [-0.39, 0.29) is 18.2 Å². The predicted molar refractivity (Wildman–Crippen MR) is 72.7 cm³/mol. The first-order valence-corrected chi connectivity index (χ1v) is 7.07. The Labute approximate surface area is 122 Å². The summed E-state index contributed by atoms with van der Waals surface area (Å²) in [5.41, 5.74) is -0.110. The number of methoxy groups -OCH3 is 1. The van der Waals surface area contributed by atoms with Crippen LogP contribution in [0.25, 0.3) is 0 Å². The highest BCUT2D eigenvalue weighted by Gasteiger charge is 2.43. The summed E-state index contributed by atoms with van der Waals surface area (Å²) in [7, 11) is 1.04. The van der Waals surface area contributed by atoms with Crippen molar-refractivity contribution in [2.75, 3.05) is 7.11 Å². The molecule has 2 rings (SSSR count). The molecule has 1 aromatic rings. The van der Waals surface area contributed by atoms with Crippen molar-refractivity contribution in [3.05, 3.63) is 17.7 Å². The molecule has 1 aromatic heterocycles. The minimum Gasteiger partial charge on any atom is -0.366 e. The molecule has 0 N–H and O–H groups in total. The number of nitrogens with zero attached hydrogens (tertiary/aromatic N) is 2.